The minimum Gasteiger partial charge on any atom is -0.369 e. The molecule has 72 valence electrons. The molecule has 0 bridgehead atoms. The number of H-pyrrole nitrogens is 1. The van der Waals surface area contributed by atoms with Gasteiger partial charge in [-0.3, -0.25) is 4.79 Å². The fourth-order valence-corrected chi connectivity index (χ4v) is 1.64. The van der Waals surface area contributed by atoms with Gasteiger partial charge in [-0.15, -0.1) is 0 Å². The van der Waals surface area contributed by atoms with Crippen LogP contribution in [0.1, 0.15) is 0 Å². The van der Waals surface area contributed by atoms with E-state index in [4.69, 9.17) is 5.73 Å². The molecule has 14 heavy (non-hydrogen) atoms. The van der Waals surface area contributed by atoms with Gasteiger partial charge in [-0.1, -0.05) is 11.8 Å². The molecule has 2 aromatic heterocycles. The average molecular weight is 208 g/mol. The maximum atomic E-state index is 10.5. The number of carbonyl (C=O) groups excluding carboxylic acids is 1. The van der Waals surface area contributed by atoms with Gasteiger partial charge >= 0.3 is 0 Å². The molecule has 0 radical (unpaired) electrons. The topological polar surface area (TPSA) is 84.7 Å². The Labute approximate surface area is 84.1 Å². The number of aromatic nitrogens is 3. The number of hydrogen-bond acceptors (Lipinski definition) is 4. The Balaban J connectivity index is 2.22. The SMILES string of the molecule is NC(=O)CSc1nc2ncccc2[nH]1. The van der Waals surface area contributed by atoms with Gasteiger partial charge < -0.3 is 10.7 Å². The Hall–Kier alpha value is -1.56. The number of thioether (sulfide) groups is 1. The normalized spacial score (nSPS) is 10.6. The van der Waals surface area contributed by atoms with Crippen LogP contribution in [0, 0.1) is 0 Å². The summed E-state index contributed by atoms with van der Waals surface area (Å²) in [4.78, 5) is 21.8. The highest BCUT2D eigenvalue weighted by Gasteiger charge is 2.04. The summed E-state index contributed by atoms with van der Waals surface area (Å²) in [6, 6.07) is 3.70. The van der Waals surface area contributed by atoms with Crippen molar-refractivity contribution < 1.29 is 4.79 Å². The van der Waals surface area contributed by atoms with Crippen LogP contribution in [0.2, 0.25) is 0 Å². The van der Waals surface area contributed by atoms with Crippen molar-refractivity contribution >= 4 is 28.8 Å². The van der Waals surface area contributed by atoms with Gasteiger partial charge in [0.05, 0.1) is 11.3 Å². The highest BCUT2D eigenvalue weighted by atomic mass is 32.2. The molecule has 6 heteroatoms. The van der Waals surface area contributed by atoms with Gasteiger partial charge in [0, 0.05) is 6.20 Å². The highest BCUT2D eigenvalue weighted by Crippen LogP contribution is 2.16. The number of amides is 1. The molecule has 0 unspecified atom stereocenters. The van der Waals surface area contributed by atoms with E-state index in [1.807, 2.05) is 12.1 Å². The molecule has 0 aliphatic heterocycles. The van der Waals surface area contributed by atoms with Crippen LogP contribution in [0.3, 0.4) is 0 Å². The number of hydrogen-bond donors (Lipinski definition) is 2. The van der Waals surface area contributed by atoms with Gasteiger partial charge in [0.25, 0.3) is 0 Å². The van der Waals surface area contributed by atoms with Crippen molar-refractivity contribution in [2.45, 2.75) is 5.16 Å². The number of aromatic amines is 1. The lowest BCUT2D eigenvalue weighted by Crippen LogP contribution is -2.13. The number of pyridine rings is 1. The van der Waals surface area contributed by atoms with Gasteiger partial charge in [-0.25, -0.2) is 9.97 Å². The number of carbonyl (C=O) groups is 1. The Morgan fingerprint density at radius 2 is 2.50 bits per heavy atom. The molecular weight excluding hydrogens is 200 g/mol. The summed E-state index contributed by atoms with van der Waals surface area (Å²) in [6.45, 7) is 0. The van der Waals surface area contributed by atoms with E-state index in [0.29, 0.717) is 10.8 Å². The number of nitrogens with one attached hydrogen (secondary N) is 1. The Morgan fingerprint density at radius 3 is 3.21 bits per heavy atom. The number of fused-ring (bicyclic) bond motifs is 1. The number of rotatable bonds is 3. The second-order valence-electron chi connectivity index (χ2n) is 2.67. The van der Waals surface area contributed by atoms with Gasteiger partial charge in [-0.05, 0) is 12.1 Å². The third-order valence-corrected chi connectivity index (χ3v) is 2.48. The lowest BCUT2D eigenvalue weighted by Gasteiger charge is -1.90. The van der Waals surface area contributed by atoms with Crippen LogP contribution >= 0.6 is 11.8 Å². The fraction of sp³-hybridized carbons (Fsp3) is 0.125. The van der Waals surface area contributed by atoms with Gasteiger partial charge in [-0.2, -0.15) is 0 Å². The molecule has 0 aliphatic carbocycles. The third-order valence-electron chi connectivity index (χ3n) is 1.59. The van der Waals surface area contributed by atoms with E-state index in [1.165, 1.54) is 11.8 Å². The molecule has 0 saturated heterocycles. The van der Waals surface area contributed by atoms with Crippen LogP contribution < -0.4 is 5.73 Å². The summed E-state index contributed by atoms with van der Waals surface area (Å²) in [7, 11) is 0. The lowest BCUT2D eigenvalue weighted by atomic mass is 10.4. The van der Waals surface area contributed by atoms with Gasteiger partial charge in [0.1, 0.15) is 0 Å². The fourth-order valence-electron chi connectivity index (χ4n) is 1.03. The molecule has 0 atom stereocenters. The van der Waals surface area contributed by atoms with E-state index in [9.17, 15) is 4.79 Å². The predicted molar refractivity (Wildman–Crippen MR) is 53.8 cm³/mol. The first-order valence-electron chi connectivity index (χ1n) is 3.97. The predicted octanol–water partition coefficient (Wildman–Crippen LogP) is 0.535. The van der Waals surface area contributed by atoms with Crippen molar-refractivity contribution in [1.29, 1.82) is 0 Å². The quantitative estimate of drug-likeness (QED) is 0.721. The molecule has 0 aromatic carbocycles. The Kier molecular flexibility index (Phi) is 2.36. The van der Waals surface area contributed by atoms with Crippen LogP contribution in [0.15, 0.2) is 23.5 Å². The molecule has 0 spiro atoms. The number of nitrogens with zero attached hydrogens (tertiary/aromatic N) is 2. The standard InChI is InChI=1S/C8H8N4OS/c9-6(13)4-14-8-11-5-2-1-3-10-7(5)12-8/h1-3H,4H2,(H2,9,13)(H,10,11,12). The van der Waals surface area contributed by atoms with E-state index < -0.39 is 0 Å². The van der Waals surface area contributed by atoms with E-state index in [2.05, 4.69) is 15.0 Å². The van der Waals surface area contributed by atoms with Crippen molar-refractivity contribution in [2.24, 2.45) is 5.73 Å². The summed E-state index contributed by atoms with van der Waals surface area (Å²) in [6.07, 6.45) is 1.67. The second kappa shape index (κ2) is 3.67. The monoisotopic (exact) mass is 208 g/mol. The minimum absolute atomic E-state index is 0.222. The summed E-state index contributed by atoms with van der Waals surface area (Å²) in [5.41, 5.74) is 6.53. The van der Waals surface area contributed by atoms with Crippen molar-refractivity contribution in [3.8, 4) is 0 Å². The van der Waals surface area contributed by atoms with Crippen molar-refractivity contribution in [2.75, 3.05) is 5.75 Å². The zero-order valence-corrected chi connectivity index (χ0v) is 8.04. The van der Waals surface area contributed by atoms with E-state index in [-0.39, 0.29) is 11.7 Å². The summed E-state index contributed by atoms with van der Waals surface area (Å²) in [5, 5.41) is 0.664. The highest BCUT2D eigenvalue weighted by molar-refractivity contribution is 7.99. The van der Waals surface area contributed by atoms with E-state index in [0.717, 1.165) is 5.52 Å². The first-order chi connectivity index (χ1) is 6.75. The summed E-state index contributed by atoms with van der Waals surface area (Å²) >= 11 is 1.27. The molecule has 2 rings (SSSR count). The smallest absolute Gasteiger partial charge is 0.227 e. The van der Waals surface area contributed by atoms with Crippen molar-refractivity contribution in [3.63, 3.8) is 0 Å². The second-order valence-corrected chi connectivity index (χ2v) is 3.64. The molecule has 0 saturated carbocycles. The summed E-state index contributed by atoms with van der Waals surface area (Å²) < 4.78 is 0. The molecule has 2 heterocycles. The van der Waals surface area contributed by atoms with E-state index in [1.54, 1.807) is 6.20 Å². The van der Waals surface area contributed by atoms with Crippen LogP contribution in [-0.2, 0) is 4.79 Å². The molecule has 2 aromatic rings. The Bertz CT molecular complexity index is 434. The molecule has 3 N–H and O–H groups in total. The van der Waals surface area contributed by atoms with Crippen molar-refractivity contribution in [3.05, 3.63) is 18.3 Å². The first kappa shape index (κ1) is 9.01. The maximum Gasteiger partial charge on any atom is 0.227 e. The lowest BCUT2D eigenvalue weighted by molar-refractivity contribution is -0.115. The van der Waals surface area contributed by atoms with Gasteiger partial charge in [0.2, 0.25) is 5.91 Å². The average Bonchev–Trinajstić information content (AvgIpc) is 2.57. The van der Waals surface area contributed by atoms with Crippen LogP contribution in [-0.4, -0.2) is 26.6 Å². The van der Waals surface area contributed by atoms with Crippen molar-refractivity contribution in [1.82, 2.24) is 15.0 Å². The summed E-state index contributed by atoms with van der Waals surface area (Å²) in [5.74, 6) is -0.136. The molecule has 0 aliphatic rings. The van der Waals surface area contributed by atoms with E-state index >= 15 is 0 Å². The minimum atomic E-state index is -0.358. The molecule has 0 fully saturated rings. The molecule has 5 nitrogen and oxygen atoms in total. The Morgan fingerprint density at radius 1 is 1.64 bits per heavy atom. The zero-order chi connectivity index (χ0) is 9.97. The van der Waals surface area contributed by atoms with Crippen LogP contribution in [0.5, 0.6) is 0 Å². The van der Waals surface area contributed by atoms with Crippen LogP contribution in [0.4, 0.5) is 0 Å². The van der Waals surface area contributed by atoms with Gasteiger partial charge in [0.15, 0.2) is 10.8 Å². The molecule has 1 amide bonds. The number of imidazole rings is 1. The van der Waals surface area contributed by atoms with Crippen LogP contribution in [0.25, 0.3) is 11.2 Å². The first-order valence-corrected chi connectivity index (χ1v) is 4.96. The maximum absolute atomic E-state index is 10.5. The number of primary amides is 1. The number of nitrogens with two attached hydrogens (primary N) is 1. The third kappa shape index (κ3) is 1.85. The molecular formula is C8H8N4OS. The zero-order valence-electron chi connectivity index (χ0n) is 7.23. The largest absolute Gasteiger partial charge is 0.369 e.